The van der Waals surface area contributed by atoms with Crippen molar-refractivity contribution in [2.45, 2.75) is 70.0 Å². The van der Waals surface area contributed by atoms with Gasteiger partial charge >= 0.3 is 5.97 Å². The number of phenols is 1. The summed E-state index contributed by atoms with van der Waals surface area (Å²) < 4.78 is 6.19. The van der Waals surface area contributed by atoms with E-state index in [1.807, 2.05) is 13.8 Å². The largest absolute Gasteiger partial charge is 0.508 e. The lowest BCUT2D eigenvalue weighted by Crippen LogP contribution is -2.47. The molecule has 1 heterocycles. The Morgan fingerprint density at radius 3 is 2.58 bits per heavy atom. The van der Waals surface area contributed by atoms with Crippen molar-refractivity contribution in [3.05, 3.63) is 23.3 Å². The van der Waals surface area contributed by atoms with Gasteiger partial charge in [-0.2, -0.15) is 0 Å². The van der Waals surface area contributed by atoms with E-state index in [0.29, 0.717) is 23.3 Å². The average Bonchev–Trinajstić information content (AvgIpc) is 2.45. The highest BCUT2D eigenvalue weighted by Crippen LogP contribution is 2.54. The molecule has 1 aliphatic heterocycles. The molecule has 0 spiro atoms. The number of aliphatic hydroxyl groups is 1. The minimum Gasteiger partial charge on any atom is -0.508 e. The molecule has 5 nitrogen and oxygen atoms in total. The van der Waals surface area contributed by atoms with E-state index in [1.165, 1.54) is 6.07 Å². The van der Waals surface area contributed by atoms with Gasteiger partial charge < -0.3 is 20.1 Å². The van der Waals surface area contributed by atoms with Crippen molar-refractivity contribution in [1.82, 2.24) is 0 Å². The van der Waals surface area contributed by atoms with Crippen LogP contribution in [0.4, 0.5) is 0 Å². The third-order valence-corrected chi connectivity index (χ3v) is 5.84. The van der Waals surface area contributed by atoms with Crippen LogP contribution in [-0.4, -0.2) is 33.0 Å². The molecule has 1 aromatic carbocycles. The van der Waals surface area contributed by atoms with Gasteiger partial charge in [0.25, 0.3) is 0 Å². The first-order valence-corrected chi connectivity index (χ1v) is 8.52. The molecule has 0 bridgehead atoms. The second-order valence-electron chi connectivity index (χ2n) is 8.22. The number of hydrogen-bond acceptors (Lipinski definition) is 4. The Morgan fingerprint density at radius 2 is 1.96 bits per heavy atom. The number of aliphatic carboxylic acids is 1. The molecule has 1 fully saturated rings. The second kappa shape index (κ2) is 5.38. The van der Waals surface area contributed by atoms with Gasteiger partial charge in [-0.1, -0.05) is 0 Å². The van der Waals surface area contributed by atoms with Crippen molar-refractivity contribution in [3.8, 4) is 11.5 Å². The zero-order valence-corrected chi connectivity index (χ0v) is 14.7. The van der Waals surface area contributed by atoms with Gasteiger partial charge in [0.1, 0.15) is 17.1 Å². The highest BCUT2D eigenvalue weighted by molar-refractivity contribution is 5.81. The Bertz CT molecular complexity index is 677. The van der Waals surface area contributed by atoms with Crippen molar-refractivity contribution in [1.29, 1.82) is 0 Å². The summed E-state index contributed by atoms with van der Waals surface area (Å²) in [5, 5.41) is 30.2. The zero-order valence-electron chi connectivity index (χ0n) is 14.7. The SMILES string of the molecule is CC(C)(C(=O)O)c1cc(O)c2c(c1)OC(C)(C)C1CC[C@@H](O)CC21. The topological polar surface area (TPSA) is 87.0 Å². The number of aromatic hydroxyl groups is 1. The Kier molecular flexibility index (Phi) is 3.83. The van der Waals surface area contributed by atoms with Crippen LogP contribution in [0.3, 0.4) is 0 Å². The van der Waals surface area contributed by atoms with Gasteiger partial charge in [0.2, 0.25) is 0 Å². The number of phenolic OH excluding ortho intramolecular Hbond substituents is 1. The number of carboxylic acid groups (broad SMARTS) is 1. The summed E-state index contributed by atoms with van der Waals surface area (Å²) in [4.78, 5) is 11.5. The quantitative estimate of drug-likeness (QED) is 0.773. The van der Waals surface area contributed by atoms with E-state index < -0.39 is 17.0 Å². The van der Waals surface area contributed by atoms with E-state index >= 15 is 0 Å². The minimum atomic E-state index is -1.12. The number of benzene rings is 1. The summed E-state index contributed by atoms with van der Waals surface area (Å²) in [6.07, 6.45) is 1.82. The predicted octanol–water partition coefficient (Wildman–Crippen LogP) is 3.17. The highest BCUT2D eigenvalue weighted by atomic mass is 16.5. The maximum Gasteiger partial charge on any atom is 0.313 e. The minimum absolute atomic E-state index is 0.0227. The second-order valence-corrected chi connectivity index (χ2v) is 8.22. The van der Waals surface area contributed by atoms with Crippen molar-refractivity contribution >= 4 is 5.97 Å². The first-order chi connectivity index (χ1) is 11.0. The van der Waals surface area contributed by atoms with Crippen LogP contribution in [0.5, 0.6) is 11.5 Å². The van der Waals surface area contributed by atoms with E-state index in [4.69, 9.17) is 4.74 Å². The third-order valence-electron chi connectivity index (χ3n) is 5.84. The molecule has 1 aromatic rings. The van der Waals surface area contributed by atoms with Crippen molar-refractivity contribution in [3.63, 3.8) is 0 Å². The molecule has 1 aliphatic carbocycles. The van der Waals surface area contributed by atoms with Gasteiger partial charge in [0.05, 0.1) is 11.5 Å². The van der Waals surface area contributed by atoms with Crippen molar-refractivity contribution in [2.24, 2.45) is 5.92 Å². The Hall–Kier alpha value is -1.75. The van der Waals surface area contributed by atoms with E-state index in [2.05, 4.69) is 0 Å². The number of hydrogen-bond donors (Lipinski definition) is 3. The Balaban J connectivity index is 2.13. The molecule has 0 amide bonds. The van der Waals surface area contributed by atoms with Crippen LogP contribution < -0.4 is 4.74 Å². The van der Waals surface area contributed by atoms with Gasteiger partial charge in [-0.15, -0.1) is 0 Å². The molecular formula is C19H26O5. The summed E-state index contributed by atoms with van der Waals surface area (Å²) in [7, 11) is 0. The van der Waals surface area contributed by atoms with Gasteiger partial charge in [0, 0.05) is 17.4 Å². The van der Waals surface area contributed by atoms with Crippen LogP contribution in [0.1, 0.15) is 64.0 Å². The summed E-state index contributed by atoms with van der Waals surface area (Å²) >= 11 is 0. The first kappa shape index (κ1) is 17.1. The Labute approximate surface area is 142 Å². The number of ether oxygens (including phenoxy) is 1. The summed E-state index contributed by atoms with van der Waals surface area (Å²) in [5.74, 6) is -0.105. The number of carbonyl (C=O) groups is 1. The lowest BCUT2D eigenvalue weighted by Gasteiger charge is -2.48. The lowest BCUT2D eigenvalue weighted by molar-refractivity contribution is -0.142. The zero-order chi connectivity index (χ0) is 17.9. The Morgan fingerprint density at radius 1 is 1.29 bits per heavy atom. The normalized spacial score (nSPS) is 28.5. The number of fused-ring (bicyclic) bond motifs is 3. The number of rotatable bonds is 2. The van der Waals surface area contributed by atoms with Crippen LogP contribution in [0, 0.1) is 5.92 Å². The van der Waals surface area contributed by atoms with Crippen LogP contribution in [0.2, 0.25) is 0 Å². The fraction of sp³-hybridized carbons (Fsp3) is 0.632. The van der Waals surface area contributed by atoms with Gasteiger partial charge in [-0.25, -0.2) is 0 Å². The highest BCUT2D eigenvalue weighted by Gasteiger charge is 2.48. The number of carboxylic acids is 1. The molecular weight excluding hydrogens is 308 g/mol. The van der Waals surface area contributed by atoms with E-state index in [-0.39, 0.29) is 23.7 Å². The fourth-order valence-electron chi connectivity index (χ4n) is 4.21. The van der Waals surface area contributed by atoms with E-state index in [0.717, 1.165) is 12.8 Å². The molecule has 5 heteroatoms. The molecule has 3 rings (SSSR count). The monoisotopic (exact) mass is 334 g/mol. The summed E-state index contributed by atoms with van der Waals surface area (Å²) in [5.41, 5.74) is -0.320. The average molecular weight is 334 g/mol. The van der Waals surface area contributed by atoms with Crippen LogP contribution in [0.25, 0.3) is 0 Å². The third kappa shape index (κ3) is 2.55. The molecule has 24 heavy (non-hydrogen) atoms. The molecule has 2 aliphatic rings. The molecule has 3 N–H and O–H groups in total. The first-order valence-electron chi connectivity index (χ1n) is 8.52. The van der Waals surface area contributed by atoms with Crippen LogP contribution >= 0.6 is 0 Å². The standard InChI is InChI=1S/C19H26O5/c1-18(2,17(22)23)10-7-14(21)16-12-9-11(20)5-6-13(12)19(3,4)24-15(16)8-10/h7-8,11-13,20-21H,5-6,9H2,1-4H3,(H,22,23)/t11-,12?,13?/m1/s1. The maximum absolute atomic E-state index is 11.5. The molecule has 132 valence electrons. The molecule has 0 radical (unpaired) electrons. The van der Waals surface area contributed by atoms with Gasteiger partial charge in [-0.05, 0) is 64.7 Å². The van der Waals surface area contributed by atoms with Crippen LogP contribution in [0.15, 0.2) is 12.1 Å². The molecule has 1 saturated carbocycles. The molecule has 2 unspecified atom stereocenters. The van der Waals surface area contributed by atoms with Crippen LogP contribution in [-0.2, 0) is 10.2 Å². The van der Waals surface area contributed by atoms with Gasteiger partial charge in [0.15, 0.2) is 0 Å². The smallest absolute Gasteiger partial charge is 0.313 e. The summed E-state index contributed by atoms with van der Waals surface area (Å²) in [6, 6.07) is 3.27. The molecule has 3 atom stereocenters. The van der Waals surface area contributed by atoms with Crippen molar-refractivity contribution in [2.75, 3.05) is 0 Å². The number of aliphatic hydroxyl groups excluding tert-OH is 1. The van der Waals surface area contributed by atoms with Gasteiger partial charge in [-0.3, -0.25) is 4.79 Å². The maximum atomic E-state index is 11.5. The van der Waals surface area contributed by atoms with Crippen molar-refractivity contribution < 1.29 is 24.9 Å². The predicted molar refractivity (Wildman–Crippen MR) is 89.6 cm³/mol. The molecule has 0 saturated heterocycles. The lowest BCUT2D eigenvalue weighted by atomic mass is 9.65. The molecule has 0 aromatic heterocycles. The summed E-state index contributed by atoms with van der Waals surface area (Å²) in [6.45, 7) is 7.27. The van der Waals surface area contributed by atoms with E-state index in [9.17, 15) is 20.1 Å². The van der Waals surface area contributed by atoms with E-state index in [1.54, 1.807) is 19.9 Å². The fourth-order valence-corrected chi connectivity index (χ4v) is 4.21.